The van der Waals surface area contributed by atoms with Crippen molar-refractivity contribution < 1.29 is 19.1 Å². The number of carbonyl (C=O) groups excluding carboxylic acids is 3. The number of rotatable bonds is 6. The number of ketones is 1. The van der Waals surface area contributed by atoms with E-state index in [0.29, 0.717) is 26.0 Å². The van der Waals surface area contributed by atoms with Crippen molar-refractivity contribution in [1.82, 2.24) is 4.90 Å². The normalized spacial score (nSPS) is 19.0. The molecule has 0 bridgehead atoms. The third-order valence-corrected chi connectivity index (χ3v) is 3.93. The van der Waals surface area contributed by atoms with E-state index in [-0.39, 0.29) is 5.97 Å². The predicted molar refractivity (Wildman–Crippen MR) is 75.1 cm³/mol. The molecule has 1 fully saturated rings. The van der Waals surface area contributed by atoms with Crippen LogP contribution in [0.4, 0.5) is 0 Å². The van der Waals surface area contributed by atoms with Crippen molar-refractivity contribution in [2.45, 2.75) is 59.4 Å². The number of esters is 1. The zero-order valence-corrected chi connectivity index (χ0v) is 12.9. The first-order valence-corrected chi connectivity index (χ1v) is 7.37. The molecule has 1 heterocycles. The summed E-state index contributed by atoms with van der Waals surface area (Å²) in [7, 11) is 0. The minimum atomic E-state index is -0.683. The third-order valence-electron chi connectivity index (χ3n) is 3.93. The molecule has 1 amide bonds. The lowest BCUT2D eigenvalue weighted by Gasteiger charge is -2.27. The SMILES string of the molecule is CCCOC(=O)[C@@H]1CCCN1C(=O)C(=O)C(C)(C)CC. The van der Waals surface area contributed by atoms with Crippen molar-refractivity contribution >= 4 is 17.7 Å². The molecule has 1 atom stereocenters. The molecule has 0 radical (unpaired) electrons. The lowest BCUT2D eigenvalue weighted by Crippen LogP contribution is -2.47. The lowest BCUT2D eigenvalue weighted by atomic mass is 9.84. The average Bonchev–Trinajstić information content (AvgIpc) is 2.92. The topological polar surface area (TPSA) is 63.7 Å². The van der Waals surface area contributed by atoms with E-state index < -0.39 is 23.1 Å². The molecule has 0 unspecified atom stereocenters. The molecule has 5 heteroatoms. The van der Waals surface area contributed by atoms with Crippen LogP contribution in [-0.4, -0.2) is 41.8 Å². The fourth-order valence-electron chi connectivity index (χ4n) is 2.13. The van der Waals surface area contributed by atoms with Crippen molar-refractivity contribution in [3.63, 3.8) is 0 Å². The molecule has 0 aromatic carbocycles. The number of hydrogen-bond donors (Lipinski definition) is 0. The van der Waals surface area contributed by atoms with Gasteiger partial charge in [0, 0.05) is 12.0 Å². The maximum atomic E-state index is 12.3. The molecule has 1 aliphatic heterocycles. The van der Waals surface area contributed by atoms with Crippen LogP contribution in [0.1, 0.15) is 53.4 Å². The number of hydrogen-bond acceptors (Lipinski definition) is 4. The number of nitrogens with zero attached hydrogens (tertiary/aromatic N) is 1. The summed E-state index contributed by atoms with van der Waals surface area (Å²) >= 11 is 0. The molecule has 0 aromatic heterocycles. The molecule has 1 saturated heterocycles. The van der Waals surface area contributed by atoms with Crippen LogP contribution >= 0.6 is 0 Å². The Hall–Kier alpha value is -1.39. The summed E-state index contributed by atoms with van der Waals surface area (Å²) in [4.78, 5) is 37.8. The van der Waals surface area contributed by atoms with Crippen LogP contribution < -0.4 is 0 Å². The van der Waals surface area contributed by atoms with Crippen LogP contribution in [0.25, 0.3) is 0 Å². The zero-order valence-electron chi connectivity index (χ0n) is 12.9. The van der Waals surface area contributed by atoms with E-state index in [0.717, 1.165) is 12.8 Å². The Balaban J connectivity index is 2.76. The van der Waals surface area contributed by atoms with Crippen molar-refractivity contribution in [3.8, 4) is 0 Å². The summed E-state index contributed by atoms with van der Waals surface area (Å²) in [5.74, 6) is -1.36. The predicted octanol–water partition coefficient (Wildman–Crippen LogP) is 1.94. The van der Waals surface area contributed by atoms with Crippen LogP contribution in [-0.2, 0) is 19.1 Å². The number of likely N-dealkylation sites (tertiary alicyclic amines) is 1. The molecule has 0 N–H and O–H groups in total. The zero-order chi connectivity index (χ0) is 15.3. The van der Waals surface area contributed by atoms with E-state index in [1.54, 1.807) is 13.8 Å². The maximum absolute atomic E-state index is 12.3. The highest BCUT2D eigenvalue weighted by Crippen LogP contribution is 2.25. The Morgan fingerprint density at radius 1 is 1.25 bits per heavy atom. The smallest absolute Gasteiger partial charge is 0.328 e. The highest BCUT2D eigenvalue weighted by molar-refractivity contribution is 6.38. The van der Waals surface area contributed by atoms with Crippen molar-refractivity contribution in [3.05, 3.63) is 0 Å². The molecule has 114 valence electrons. The van der Waals surface area contributed by atoms with Crippen molar-refractivity contribution in [2.24, 2.45) is 5.41 Å². The molecular weight excluding hydrogens is 258 g/mol. The highest BCUT2D eigenvalue weighted by Gasteiger charge is 2.41. The second-order valence-corrected chi connectivity index (χ2v) is 5.89. The van der Waals surface area contributed by atoms with Gasteiger partial charge in [0.05, 0.1) is 6.61 Å². The van der Waals surface area contributed by atoms with Crippen molar-refractivity contribution in [1.29, 1.82) is 0 Å². The Morgan fingerprint density at radius 2 is 1.90 bits per heavy atom. The fourth-order valence-corrected chi connectivity index (χ4v) is 2.13. The highest BCUT2D eigenvalue weighted by atomic mass is 16.5. The van der Waals surface area contributed by atoms with Gasteiger partial charge < -0.3 is 9.64 Å². The average molecular weight is 283 g/mol. The first-order valence-electron chi connectivity index (χ1n) is 7.37. The number of ether oxygens (including phenoxy) is 1. The molecule has 0 aliphatic carbocycles. The maximum Gasteiger partial charge on any atom is 0.328 e. The van der Waals surface area contributed by atoms with E-state index in [1.807, 2.05) is 13.8 Å². The largest absolute Gasteiger partial charge is 0.464 e. The lowest BCUT2D eigenvalue weighted by molar-refractivity contribution is -0.157. The Morgan fingerprint density at radius 3 is 2.45 bits per heavy atom. The van der Waals surface area contributed by atoms with E-state index in [1.165, 1.54) is 4.90 Å². The third kappa shape index (κ3) is 3.58. The molecule has 5 nitrogen and oxygen atoms in total. The first-order chi connectivity index (χ1) is 9.35. The van der Waals surface area contributed by atoms with Gasteiger partial charge in [0.2, 0.25) is 5.78 Å². The van der Waals surface area contributed by atoms with Crippen LogP contribution in [0.15, 0.2) is 0 Å². The van der Waals surface area contributed by atoms with Crippen LogP contribution in [0.2, 0.25) is 0 Å². The molecule has 0 spiro atoms. The molecule has 0 aromatic rings. The first kappa shape index (κ1) is 16.7. The minimum absolute atomic E-state index is 0.353. The molecule has 1 aliphatic rings. The summed E-state index contributed by atoms with van der Waals surface area (Å²) in [6.45, 7) is 8.11. The number of carbonyl (C=O) groups is 3. The van der Waals surface area contributed by atoms with Gasteiger partial charge in [-0.15, -0.1) is 0 Å². The number of amides is 1. The molecular formula is C15H25NO4. The Kier molecular flexibility index (Phi) is 5.72. The summed E-state index contributed by atoms with van der Waals surface area (Å²) in [5, 5.41) is 0. The standard InChI is InChI=1S/C15H25NO4/c1-5-10-20-14(19)11-8-7-9-16(11)13(18)12(17)15(3,4)6-2/h11H,5-10H2,1-4H3/t11-/m0/s1. The van der Waals surface area contributed by atoms with Crippen LogP contribution in [0, 0.1) is 5.41 Å². The van der Waals surface area contributed by atoms with Crippen LogP contribution in [0.3, 0.4) is 0 Å². The van der Waals surface area contributed by atoms with Gasteiger partial charge in [-0.2, -0.15) is 0 Å². The van der Waals surface area contributed by atoms with Gasteiger partial charge in [0.1, 0.15) is 6.04 Å². The van der Waals surface area contributed by atoms with E-state index in [2.05, 4.69) is 0 Å². The summed E-state index contributed by atoms with van der Waals surface area (Å²) in [6, 6.07) is -0.592. The van der Waals surface area contributed by atoms with E-state index in [9.17, 15) is 14.4 Å². The number of Topliss-reactive ketones (excluding diaryl/α,β-unsaturated/α-hetero) is 1. The summed E-state index contributed by atoms with van der Waals surface area (Å²) in [5.41, 5.74) is -0.683. The fraction of sp³-hybridized carbons (Fsp3) is 0.800. The van der Waals surface area contributed by atoms with E-state index in [4.69, 9.17) is 4.74 Å². The van der Waals surface area contributed by atoms with Gasteiger partial charge in [0.25, 0.3) is 5.91 Å². The summed E-state index contributed by atoms with van der Waals surface area (Å²) < 4.78 is 5.10. The molecule has 1 rings (SSSR count). The second-order valence-electron chi connectivity index (χ2n) is 5.89. The second kappa shape index (κ2) is 6.86. The van der Waals surface area contributed by atoms with Crippen LogP contribution in [0.5, 0.6) is 0 Å². The van der Waals surface area contributed by atoms with Gasteiger partial charge in [-0.05, 0) is 25.7 Å². The molecule has 0 saturated carbocycles. The van der Waals surface area contributed by atoms with Gasteiger partial charge >= 0.3 is 5.97 Å². The monoisotopic (exact) mass is 283 g/mol. The summed E-state index contributed by atoms with van der Waals surface area (Å²) in [6.07, 6.45) is 2.65. The van der Waals surface area contributed by atoms with Crippen molar-refractivity contribution in [2.75, 3.05) is 13.2 Å². The Bertz CT molecular complexity index is 389. The molecule has 20 heavy (non-hydrogen) atoms. The van der Waals surface area contributed by atoms with Gasteiger partial charge in [-0.1, -0.05) is 27.7 Å². The van der Waals surface area contributed by atoms with Gasteiger partial charge in [-0.3, -0.25) is 9.59 Å². The Labute approximate surface area is 120 Å². The van der Waals surface area contributed by atoms with E-state index >= 15 is 0 Å². The quantitative estimate of drug-likeness (QED) is 0.552. The minimum Gasteiger partial charge on any atom is -0.464 e. The van der Waals surface area contributed by atoms with Gasteiger partial charge in [0.15, 0.2) is 0 Å². The van der Waals surface area contributed by atoms with Gasteiger partial charge in [-0.25, -0.2) is 4.79 Å².